The quantitative estimate of drug-likeness (QED) is 0.175. The number of amides is 1. The summed E-state index contributed by atoms with van der Waals surface area (Å²) >= 11 is 0. The maximum atomic E-state index is 12.0. The van der Waals surface area contributed by atoms with Crippen LogP contribution in [-0.4, -0.2) is 46.4 Å². The zero-order chi connectivity index (χ0) is 27.3. The third-order valence-corrected chi connectivity index (χ3v) is 6.06. The van der Waals surface area contributed by atoms with Crippen LogP contribution in [0, 0.1) is 5.92 Å². The third kappa shape index (κ3) is 17.8. The van der Waals surface area contributed by atoms with Crippen LogP contribution in [0.2, 0.25) is 0 Å². The second-order valence-corrected chi connectivity index (χ2v) is 9.32. The number of benzene rings is 1. The van der Waals surface area contributed by atoms with Gasteiger partial charge in [-0.2, -0.15) is 0 Å². The lowest BCUT2D eigenvalue weighted by Crippen LogP contribution is -2.25. The van der Waals surface area contributed by atoms with E-state index in [2.05, 4.69) is 5.32 Å². The van der Waals surface area contributed by atoms with Gasteiger partial charge in [-0.05, 0) is 37.7 Å². The molecular weight excluding hydrogens is 478 g/mol. The second-order valence-electron chi connectivity index (χ2n) is 9.32. The van der Waals surface area contributed by atoms with Crippen LogP contribution in [0.4, 0.5) is 4.79 Å². The number of unbranched alkanes of at least 4 members (excludes halogenated alkanes) is 6. The molecule has 0 unspecified atom stereocenters. The van der Waals surface area contributed by atoms with E-state index in [9.17, 15) is 24.0 Å². The Bertz CT molecular complexity index is 840. The summed E-state index contributed by atoms with van der Waals surface area (Å²) in [5.74, 6) is -3.04. The summed E-state index contributed by atoms with van der Waals surface area (Å²) in [5.41, 5.74) is 0.934. The van der Waals surface area contributed by atoms with Crippen LogP contribution in [0.3, 0.4) is 0 Å². The number of carboxylic acids is 2. The molecule has 0 bridgehead atoms. The third-order valence-electron chi connectivity index (χ3n) is 6.06. The molecule has 37 heavy (non-hydrogen) atoms. The first-order valence-electron chi connectivity index (χ1n) is 13.2. The van der Waals surface area contributed by atoms with E-state index in [4.69, 9.17) is 14.9 Å². The van der Waals surface area contributed by atoms with Gasteiger partial charge in [-0.1, -0.05) is 56.0 Å². The average Bonchev–Trinajstić information content (AvgIpc) is 2.87. The molecule has 1 atom stereocenters. The summed E-state index contributed by atoms with van der Waals surface area (Å²) in [6.07, 6.45) is 7.13. The van der Waals surface area contributed by atoms with E-state index in [1.165, 1.54) is 0 Å². The number of carbonyl (C=O) groups excluding carboxylic acids is 3. The lowest BCUT2D eigenvalue weighted by Gasteiger charge is -2.10. The number of hydrogen-bond acceptors (Lipinski definition) is 6. The highest BCUT2D eigenvalue weighted by Gasteiger charge is 2.21. The molecule has 9 nitrogen and oxygen atoms in total. The Hall–Kier alpha value is -3.23. The van der Waals surface area contributed by atoms with Crippen molar-refractivity contribution in [1.29, 1.82) is 0 Å². The maximum absolute atomic E-state index is 12.0. The van der Waals surface area contributed by atoms with Gasteiger partial charge in [0.25, 0.3) is 0 Å². The Morgan fingerprint density at radius 3 is 1.89 bits per heavy atom. The zero-order valence-electron chi connectivity index (χ0n) is 21.6. The number of carbonyl (C=O) groups is 5. The van der Waals surface area contributed by atoms with Gasteiger partial charge in [0.2, 0.25) is 0 Å². The van der Waals surface area contributed by atoms with Crippen molar-refractivity contribution in [3.05, 3.63) is 35.9 Å². The molecule has 0 saturated carbocycles. The maximum Gasteiger partial charge on any atom is 0.407 e. The highest BCUT2D eigenvalue weighted by atomic mass is 16.5. The smallest absolute Gasteiger partial charge is 0.407 e. The molecular formula is C28H41NO8. The SMILES string of the molecule is O=C(O)CC[C@H](CC(=O)CCCCCCCC(=O)CCCCCNC(=O)OCc1ccccc1)C(=O)O. The van der Waals surface area contributed by atoms with Crippen LogP contribution in [-0.2, 0) is 30.5 Å². The fraction of sp³-hybridized carbons (Fsp3) is 0.607. The minimum absolute atomic E-state index is 0.0366. The Labute approximate surface area is 219 Å². The number of aliphatic carboxylic acids is 2. The zero-order valence-corrected chi connectivity index (χ0v) is 21.6. The molecule has 0 aliphatic heterocycles. The fourth-order valence-electron chi connectivity index (χ4n) is 3.88. The first kappa shape index (κ1) is 31.8. The first-order valence-corrected chi connectivity index (χ1v) is 13.2. The number of alkyl carbamates (subject to hydrolysis) is 1. The average molecular weight is 520 g/mol. The summed E-state index contributed by atoms with van der Waals surface area (Å²) in [5, 5.41) is 20.5. The van der Waals surface area contributed by atoms with Gasteiger partial charge in [0.05, 0.1) is 5.92 Å². The predicted molar refractivity (Wildman–Crippen MR) is 138 cm³/mol. The van der Waals surface area contributed by atoms with Crippen molar-refractivity contribution in [2.24, 2.45) is 5.92 Å². The standard InChI is InChI=1S/C28H41NO8/c30-24(15-10-5-11-19-29-28(36)37-21-22-12-6-4-7-13-22)14-8-2-1-3-9-16-25(31)20-23(27(34)35)17-18-26(32)33/h4,6-7,12-13,23H,1-3,5,8-11,14-21H2,(H,29,36)(H,32,33)(H,34,35)/t23-/m1/s1. The van der Waals surface area contributed by atoms with Crippen molar-refractivity contribution in [3.63, 3.8) is 0 Å². The normalized spacial score (nSPS) is 11.5. The fourth-order valence-corrected chi connectivity index (χ4v) is 3.88. The summed E-state index contributed by atoms with van der Waals surface area (Å²) < 4.78 is 5.14. The van der Waals surface area contributed by atoms with Gasteiger partial charge in [0.1, 0.15) is 18.2 Å². The summed E-state index contributed by atoms with van der Waals surface area (Å²) in [4.78, 5) is 57.4. The molecule has 9 heteroatoms. The molecule has 1 amide bonds. The van der Waals surface area contributed by atoms with Crippen molar-refractivity contribution in [2.45, 2.75) is 96.5 Å². The van der Waals surface area contributed by atoms with Gasteiger partial charge in [-0.25, -0.2) is 4.79 Å². The number of ketones is 2. The number of hydrogen-bond donors (Lipinski definition) is 3. The van der Waals surface area contributed by atoms with Crippen LogP contribution in [0.5, 0.6) is 0 Å². The Kier molecular flexibility index (Phi) is 17.1. The van der Waals surface area contributed by atoms with Crippen molar-refractivity contribution in [2.75, 3.05) is 6.54 Å². The van der Waals surface area contributed by atoms with Crippen molar-refractivity contribution in [3.8, 4) is 0 Å². The van der Waals surface area contributed by atoms with E-state index in [1.807, 2.05) is 30.3 Å². The Balaban J connectivity index is 1.94. The monoisotopic (exact) mass is 519 g/mol. The molecule has 0 fully saturated rings. The van der Waals surface area contributed by atoms with Gasteiger partial charge in [0, 0.05) is 38.6 Å². The minimum atomic E-state index is -1.13. The summed E-state index contributed by atoms with van der Waals surface area (Å²) in [6.45, 7) is 0.756. The molecule has 206 valence electrons. The predicted octanol–water partition coefficient (Wildman–Crippen LogP) is 5.30. The molecule has 1 aromatic rings. The van der Waals surface area contributed by atoms with Gasteiger partial charge >= 0.3 is 18.0 Å². The van der Waals surface area contributed by atoms with E-state index in [0.29, 0.717) is 32.2 Å². The van der Waals surface area contributed by atoms with Gasteiger partial charge in [-0.3, -0.25) is 19.2 Å². The molecule has 0 spiro atoms. The molecule has 0 aromatic heterocycles. The molecule has 0 aliphatic carbocycles. The molecule has 3 N–H and O–H groups in total. The molecule has 1 aromatic carbocycles. The van der Waals surface area contributed by atoms with Crippen LogP contribution in [0.1, 0.15) is 95.5 Å². The van der Waals surface area contributed by atoms with Crippen LogP contribution >= 0.6 is 0 Å². The van der Waals surface area contributed by atoms with Crippen molar-refractivity contribution >= 4 is 29.6 Å². The van der Waals surface area contributed by atoms with E-state index >= 15 is 0 Å². The van der Waals surface area contributed by atoms with Crippen LogP contribution in [0.15, 0.2) is 30.3 Å². The molecule has 1 rings (SSSR count). The number of nitrogens with one attached hydrogen (secondary N) is 1. The minimum Gasteiger partial charge on any atom is -0.481 e. The van der Waals surface area contributed by atoms with Crippen LogP contribution < -0.4 is 5.32 Å². The number of carboxylic acid groups (broad SMARTS) is 2. The number of rotatable bonds is 22. The Morgan fingerprint density at radius 2 is 1.30 bits per heavy atom. The summed E-state index contributed by atoms with van der Waals surface area (Å²) in [6, 6.07) is 9.47. The van der Waals surface area contributed by atoms with Crippen molar-refractivity contribution < 1.29 is 38.9 Å². The van der Waals surface area contributed by atoms with E-state index in [-0.39, 0.29) is 37.4 Å². The lowest BCUT2D eigenvalue weighted by molar-refractivity contribution is -0.145. The summed E-state index contributed by atoms with van der Waals surface area (Å²) in [7, 11) is 0. The highest BCUT2D eigenvalue weighted by molar-refractivity contribution is 5.84. The molecule has 0 saturated heterocycles. The molecule has 0 heterocycles. The van der Waals surface area contributed by atoms with Gasteiger partial charge in [-0.15, -0.1) is 0 Å². The largest absolute Gasteiger partial charge is 0.481 e. The first-order chi connectivity index (χ1) is 17.8. The van der Waals surface area contributed by atoms with Gasteiger partial charge in [0.15, 0.2) is 0 Å². The molecule has 0 aliphatic rings. The highest BCUT2D eigenvalue weighted by Crippen LogP contribution is 2.16. The van der Waals surface area contributed by atoms with Crippen molar-refractivity contribution in [1.82, 2.24) is 5.32 Å². The topological polar surface area (TPSA) is 147 Å². The number of Topliss-reactive ketones (excluding diaryl/α,β-unsaturated/α-hetero) is 2. The van der Waals surface area contributed by atoms with Gasteiger partial charge < -0.3 is 20.3 Å². The lowest BCUT2D eigenvalue weighted by atomic mass is 9.95. The number of ether oxygens (including phenoxy) is 1. The van der Waals surface area contributed by atoms with E-state index in [0.717, 1.165) is 50.5 Å². The van der Waals surface area contributed by atoms with Crippen LogP contribution in [0.25, 0.3) is 0 Å². The van der Waals surface area contributed by atoms with E-state index in [1.54, 1.807) is 0 Å². The second kappa shape index (κ2) is 19.9. The molecule has 0 radical (unpaired) electrons. The Morgan fingerprint density at radius 1 is 0.730 bits per heavy atom. The van der Waals surface area contributed by atoms with E-state index < -0.39 is 23.9 Å².